The maximum absolute atomic E-state index is 14.8. The number of rotatable bonds is 8. The number of hydrogen-bond donors (Lipinski definition) is 2. The molecule has 8 heteroatoms. The van der Waals surface area contributed by atoms with Gasteiger partial charge in [-0.05, 0) is 59.2 Å². The molecule has 42 heavy (non-hydrogen) atoms. The number of phenols is 1. The largest absolute Gasteiger partial charge is 0.508 e. The van der Waals surface area contributed by atoms with E-state index >= 15 is 0 Å². The van der Waals surface area contributed by atoms with Gasteiger partial charge in [-0.25, -0.2) is 5.01 Å². The van der Waals surface area contributed by atoms with Crippen LogP contribution in [0.4, 0.5) is 5.69 Å². The molecule has 2 N–H and O–H groups in total. The third-order valence-electron chi connectivity index (χ3n) is 6.78. The predicted molar refractivity (Wildman–Crippen MR) is 165 cm³/mol. The summed E-state index contributed by atoms with van der Waals surface area (Å²) in [5, 5.41) is 11.9. The SMILES string of the molecule is O=C(COc1ccc(Cl)cc1Cl)N(NC(=O)C(c1ccccc1)(c1ccccc1)c1ccc(O)cc1)c1ccccc1. The number of nitrogens with zero attached hydrogens (tertiary/aromatic N) is 1. The average Bonchev–Trinajstić information content (AvgIpc) is 3.02. The standard InChI is InChI=1S/C34H26Cl2N2O4/c35-27-18-21-31(30(36)22-27)42-23-32(40)38(28-14-8-3-9-15-28)37-33(41)34(24-10-4-1-5-11-24,25-12-6-2-7-13-25)26-16-19-29(39)20-17-26/h1-22,39H,23H2,(H,37,41). The van der Waals surface area contributed by atoms with Crippen LogP contribution in [-0.2, 0) is 15.0 Å². The lowest BCUT2D eigenvalue weighted by molar-refractivity contribution is -0.128. The summed E-state index contributed by atoms with van der Waals surface area (Å²) in [6, 6.07) is 38.5. The quantitative estimate of drug-likeness (QED) is 0.147. The molecule has 0 aliphatic carbocycles. The van der Waals surface area contributed by atoms with E-state index in [0.29, 0.717) is 27.4 Å². The molecule has 6 nitrogen and oxygen atoms in total. The fourth-order valence-corrected chi connectivity index (χ4v) is 5.27. The zero-order valence-electron chi connectivity index (χ0n) is 22.3. The number of amides is 2. The first kappa shape index (κ1) is 28.7. The van der Waals surface area contributed by atoms with Gasteiger partial charge in [-0.15, -0.1) is 0 Å². The van der Waals surface area contributed by atoms with E-state index in [4.69, 9.17) is 27.9 Å². The predicted octanol–water partition coefficient (Wildman–Crippen LogP) is 7.18. The second-order valence-electron chi connectivity index (χ2n) is 9.40. The maximum atomic E-state index is 14.8. The maximum Gasteiger partial charge on any atom is 0.283 e. The molecule has 2 amide bonds. The number of carbonyl (C=O) groups excluding carboxylic acids is 2. The third-order valence-corrected chi connectivity index (χ3v) is 7.31. The van der Waals surface area contributed by atoms with Gasteiger partial charge in [0.2, 0.25) is 0 Å². The van der Waals surface area contributed by atoms with Gasteiger partial charge in [0.15, 0.2) is 6.61 Å². The van der Waals surface area contributed by atoms with Crippen molar-refractivity contribution in [2.24, 2.45) is 0 Å². The summed E-state index contributed by atoms with van der Waals surface area (Å²) in [6.45, 7) is -0.417. The summed E-state index contributed by atoms with van der Waals surface area (Å²) in [5.74, 6) is -0.692. The zero-order chi connectivity index (χ0) is 29.5. The van der Waals surface area contributed by atoms with Gasteiger partial charge in [-0.3, -0.25) is 15.0 Å². The van der Waals surface area contributed by atoms with E-state index in [1.165, 1.54) is 23.2 Å². The van der Waals surface area contributed by atoms with Crippen LogP contribution >= 0.6 is 23.2 Å². The number of hydrazine groups is 1. The highest BCUT2D eigenvalue weighted by atomic mass is 35.5. The Balaban J connectivity index is 1.59. The molecule has 0 bridgehead atoms. The molecule has 0 fully saturated rings. The molecular formula is C34H26Cl2N2O4. The minimum absolute atomic E-state index is 0.0632. The van der Waals surface area contributed by atoms with Gasteiger partial charge in [0, 0.05) is 5.02 Å². The van der Waals surface area contributed by atoms with Crippen LogP contribution < -0.4 is 15.2 Å². The molecular weight excluding hydrogens is 571 g/mol. The van der Waals surface area contributed by atoms with Crippen molar-refractivity contribution in [2.75, 3.05) is 11.6 Å². The average molecular weight is 597 g/mol. The van der Waals surface area contributed by atoms with E-state index in [1.54, 1.807) is 48.5 Å². The Labute approximate surface area is 253 Å². The summed E-state index contributed by atoms with van der Waals surface area (Å²) in [6.07, 6.45) is 0. The Morgan fingerprint density at radius 1 is 0.714 bits per heavy atom. The Kier molecular flexibility index (Phi) is 8.77. The highest BCUT2D eigenvalue weighted by molar-refractivity contribution is 6.35. The Hall–Kier alpha value is -4.78. The third kappa shape index (κ3) is 5.96. The number of anilines is 1. The highest BCUT2D eigenvalue weighted by Crippen LogP contribution is 2.40. The normalized spacial score (nSPS) is 11.0. The first-order valence-electron chi connectivity index (χ1n) is 13.1. The van der Waals surface area contributed by atoms with Crippen molar-refractivity contribution in [3.8, 4) is 11.5 Å². The van der Waals surface area contributed by atoms with Crippen LogP contribution in [-0.4, -0.2) is 23.5 Å². The van der Waals surface area contributed by atoms with Crippen LogP contribution in [0.5, 0.6) is 11.5 Å². The molecule has 0 aromatic heterocycles. The molecule has 5 rings (SSSR count). The summed E-state index contributed by atoms with van der Waals surface area (Å²) in [5.41, 5.74) is 3.86. The number of para-hydroxylation sites is 1. The van der Waals surface area contributed by atoms with E-state index < -0.39 is 23.8 Å². The van der Waals surface area contributed by atoms with Crippen molar-refractivity contribution >= 4 is 40.7 Å². The monoisotopic (exact) mass is 596 g/mol. The molecule has 0 saturated carbocycles. The minimum Gasteiger partial charge on any atom is -0.508 e. The number of carbonyl (C=O) groups is 2. The van der Waals surface area contributed by atoms with Gasteiger partial charge in [0.1, 0.15) is 16.9 Å². The fraction of sp³-hybridized carbons (Fsp3) is 0.0588. The van der Waals surface area contributed by atoms with E-state index in [1.807, 2.05) is 66.7 Å². The summed E-state index contributed by atoms with van der Waals surface area (Å²) in [4.78, 5) is 28.5. The molecule has 0 radical (unpaired) electrons. The topological polar surface area (TPSA) is 78.9 Å². The van der Waals surface area contributed by atoms with Gasteiger partial charge in [0.05, 0.1) is 10.7 Å². The number of halogens is 2. The lowest BCUT2D eigenvalue weighted by Gasteiger charge is -2.36. The lowest BCUT2D eigenvalue weighted by Crippen LogP contribution is -2.56. The van der Waals surface area contributed by atoms with Crippen molar-refractivity contribution in [3.05, 3.63) is 160 Å². The fourth-order valence-electron chi connectivity index (χ4n) is 4.81. The Morgan fingerprint density at radius 2 is 1.24 bits per heavy atom. The lowest BCUT2D eigenvalue weighted by atomic mass is 9.68. The van der Waals surface area contributed by atoms with Crippen molar-refractivity contribution in [3.63, 3.8) is 0 Å². The number of benzene rings is 5. The van der Waals surface area contributed by atoms with E-state index in [-0.39, 0.29) is 16.5 Å². The van der Waals surface area contributed by atoms with E-state index in [2.05, 4.69) is 5.43 Å². The second-order valence-corrected chi connectivity index (χ2v) is 10.2. The number of phenolic OH excluding ortho intramolecular Hbond substituents is 1. The summed E-state index contributed by atoms with van der Waals surface area (Å²) >= 11 is 12.2. The van der Waals surface area contributed by atoms with Crippen LogP contribution in [0, 0.1) is 0 Å². The molecule has 0 saturated heterocycles. The Bertz CT molecular complexity index is 1630. The van der Waals surface area contributed by atoms with E-state index in [9.17, 15) is 14.7 Å². The molecule has 0 aliphatic rings. The molecule has 0 spiro atoms. The van der Waals surface area contributed by atoms with Gasteiger partial charge in [-0.1, -0.05) is 114 Å². The van der Waals surface area contributed by atoms with Gasteiger partial charge in [-0.2, -0.15) is 0 Å². The van der Waals surface area contributed by atoms with Crippen LogP contribution in [0.1, 0.15) is 16.7 Å². The van der Waals surface area contributed by atoms with E-state index in [0.717, 1.165) is 0 Å². The minimum atomic E-state index is -1.40. The van der Waals surface area contributed by atoms with Crippen molar-refractivity contribution < 1.29 is 19.4 Å². The molecule has 5 aromatic carbocycles. The molecule has 0 unspecified atom stereocenters. The summed E-state index contributed by atoms with van der Waals surface area (Å²) in [7, 11) is 0. The summed E-state index contributed by atoms with van der Waals surface area (Å²) < 4.78 is 5.73. The van der Waals surface area contributed by atoms with Crippen molar-refractivity contribution in [1.29, 1.82) is 0 Å². The van der Waals surface area contributed by atoms with Crippen molar-refractivity contribution in [2.45, 2.75) is 5.41 Å². The van der Waals surface area contributed by atoms with Gasteiger partial charge >= 0.3 is 0 Å². The highest BCUT2D eigenvalue weighted by Gasteiger charge is 2.45. The van der Waals surface area contributed by atoms with Crippen molar-refractivity contribution in [1.82, 2.24) is 5.43 Å². The second kappa shape index (κ2) is 12.8. The van der Waals surface area contributed by atoms with Gasteiger partial charge in [0.25, 0.3) is 11.8 Å². The first-order valence-corrected chi connectivity index (χ1v) is 13.8. The number of hydrogen-bond acceptors (Lipinski definition) is 4. The molecule has 210 valence electrons. The smallest absolute Gasteiger partial charge is 0.283 e. The molecule has 5 aromatic rings. The molecule has 0 atom stereocenters. The van der Waals surface area contributed by atoms with Crippen LogP contribution in [0.25, 0.3) is 0 Å². The molecule has 0 aliphatic heterocycles. The van der Waals surface area contributed by atoms with Gasteiger partial charge < -0.3 is 9.84 Å². The number of aromatic hydroxyl groups is 1. The number of ether oxygens (including phenoxy) is 1. The van der Waals surface area contributed by atoms with Crippen LogP contribution in [0.15, 0.2) is 133 Å². The zero-order valence-corrected chi connectivity index (χ0v) is 23.8. The first-order chi connectivity index (χ1) is 20.4. The molecule has 0 heterocycles. The Morgan fingerprint density at radius 3 is 1.79 bits per heavy atom. The van der Waals surface area contributed by atoms with Crippen LogP contribution in [0.2, 0.25) is 10.0 Å². The van der Waals surface area contributed by atoms with Crippen LogP contribution in [0.3, 0.4) is 0 Å². The number of nitrogens with one attached hydrogen (secondary N) is 1.